The SMILES string of the molecule is CCOC(=O)N[C@@H](CC(=O)N/N=C\c1ccc(-c2cccc(Cl)c2Cl)o1)c1ccccc1. The first-order valence-corrected chi connectivity index (χ1v) is 10.6. The molecule has 0 aliphatic rings. The summed E-state index contributed by atoms with van der Waals surface area (Å²) in [5, 5.41) is 7.43. The Kier molecular flexibility index (Phi) is 8.30. The van der Waals surface area contributed by atoms with Crippen molar-refractivity contribution in [2.45, 2.75) is 19.4 Å². The zero-order valence-corrected chi connectivity index (χ0v) is 18.7. The fourth-order valence-electron chi connectivity index (χ4n) is 2.91. The first-order chi connectivity index (χ1) is 15.5. The second-order valence-corrected chi connectivity index (χ2v) is 7.41. The van der Waals surface area contributed by atoms with Crippen molar-refractivity contribution in [3.05, 3.63) is 82.0 Å². The predicted molar refractivity (Wildman–Crippen MR) is 124 cm³/mol. The first-order valence-electron chi connectivity index (χ1n) is 9.82. The lowest BCUT2D eigenvalue weighted by Crippen LogP contribution is -2.33. The van der Waals surface area contributed by atoms with Crippen LogP contribution in [-0.2, 0) is 9.53 Å². The van der Waals surface area contributed by atoms with Gasteiger partial charge < -0.3 is 14.5 Å². The molecule has 0 saturated carbocycles. The van der Waals surface area contributed by atoms with Gasteiger partial charge in [0.25, 0.3) is 0 Å². The highest BCUT2D eigenvalue weighted by Gasteiger charge is 2.19. The smallest absolute Gasteiger partial charge is 0.407 e. The van der Waals surface area contributed by atoms with Gasteiger partial charge in [0.05, 0.1) is 35.3 Å². The second kappa shape index (κ2) is 11.4. The lowest BCUT2D eigenvalue weighted by molar-refractivity contribution is -0.121. The van der Waals surface area contributed by atoms with Gasteiger partial charge in [0, 0.05) is 5.56 Å². The summed E-state index contributed by atoms with van der Waals surface area (Å²) in [4.78, 5) is 24.2. The highest BCUT2D eigenvalue weighted by Crippen LogP contribution is 2.34. The fraction of sp³-hybridized carbons (Fsp3) is 0.174. The zero-order valence-electron chi connectivity index (χ0n) is 17.2. The Hall–Kier alpha value is -3.29. The monoisotopic (exact) mass is 473 g/mol. The number of rotatable bonds is 8. The van der Waals surface area contributed by atoms with E-state index in [9.17, 15) is 9.59 Å². The van der Waals surface area contributed by atoms with E-state index >= 15 is 0 Å². The molecule has 0 aliphatic carbocycles. The molecule has 32 heavy (non-hydrogen) atoms. The third kappa shape index (κ3) is 6.35. The molecule has 2 aromatic carbocycles. The van der Waals surface area contributed by atoms with Crippen molar-refractivity contribution in [3.63, 3.8) is 0 Å². The van der Waals surface area contributed by atoms with Crippen LogP contribution in [0.5, 0.6) is 0 Å². The first kappa shape index (κ1) is 23.4. The number of ether oxygens (including phenoxy) is 1. The van der Waals surface area contributed by atoms with Crippen LogP contribution in [0.25, 0.3) is 11.3 Å². The molecule has 0 bridgehead atoms. The number of furan rings is 1. The summed E-state index contributed by atoms with van der Waals surface area (Å²) in [6.45, 7) is 1.94. The lowest BCUT2D eigenvalue weighted by atomic mass is 10.0. The maximum atomic E-state index is 12.4. The molecule has 0 radical (unpaired) electrons. The normalized spacial score (nSPS) is 11.8. The Morgan fingerprint density at radius 2 is 1.88 bits per heavy atom. The Bertz CT molecular complexity index is 1100. The minimum Gasteiger partial charge on any atom is -0.455 e. The summed E-state index contributed by atoms with van der Waals surface area (Å²) in [5.74, 6) is 0.547. The van der Waals surface area contributed by atoms with Crippen LogP contribution in [0.15, 0.2) is 70.2 Å². The van der Waals surface area contributed by atoms with Crippen molar-refractivity contribution in [1.29, 1.82) is 0 Å². The molecule has 166 valence electrons. The maximum absolute atomic E-state index is 12.4. The number of hydrazone groups is 1. The Balaban J connectivity index is 1.62. The third-order valence-corrected chi connectivity index (χ3v) is 5.20. The molecule has 1 atom stereocenters. The number of benzene rings is 2. The van der Waals surface area contributed by atoms with E-state index in [0.29, 0.717) is 27.1 Å². The largest absolute Gasteiger partial charge is 0.455 e. The van der Waals surface area contributed by atoms with E-state index in [1.807, 2.05) is 30.3 Å². The van der Waals surface area contributed by atoms with Gasteiger partial charge in [-0.15, -0.1) is 0 Å². The van der Waals surface area contributed by atoms with Gasteiger partial charge in [-0.3, -0.25) is 4.79 Å². The number of carbonyl (C=O) groups is 2. The molecule has 0 fully saturated rings. The molecule has 2 N–H and O–H groups in total. The molecule has 1 heterocycles. The molecule has 3 rings (SSSR count). The summed E-state index contributed by atoms with van der Waals surface area (Å²) in [6.07, 6.45) is 0.748. The van der Waals surface area contributed by atoms with Gasteiger partial charge in [0.15, 0.2) is 0 Å². The number of hydrogen-bond donors (Lipinski definition) is 2. The van der Waals surface area contributed by atoms with Crippen LogP contribution < -0.4 is 10.7 Å². The van der Waals surface area contributed by atoms with Gasteiger partial charge in [-0.1, -0.05) is 59.6 Å². The number of carbonyl (C=O) groups excluding carboxylic acids is 2. The van der Waals surface area contributed by atoms with Gasteiger partial charge in [-0.2, -0.15) is 5.10 Å². The Labute approximate surface area is 195 Å². The quantitative estimate of drug-likeness (QED) is 0.329. The molecule has 9 heteroatoms. The molecular formula is C23H21Cl2N3O4. The standard InChI is InChI=1S/C23H21Cl2N3O4/c1-2-31-23(30)27-19(15-7-4-3-5-8-15)13-21(29)28-26-14-16-11-12-20(32-16)17-9-6-10-18(24)22(17)25/h3-12,14,19H,2,13H2,1H3,(H,27,30)(H,28,29)/b26-14-/t19-/m0/s1. The molecule has 0 unspecified atom stereocenters. The van der Waals surface area contributed by atoms with Crippen molar-refractivity contribution in [2.24, 2.45) is 5.10 Å². The molecule has 0 spiro atoms. The van der Waals surface area contributed by atoms with Gasteiger partial charge in [-0.25, -0.2) is 10.2 Å². The van der Waals surface area contributed by atoms with Crippen LogP contribution >= 0.6 is 23.2 Å². The molecule has 2 amide bonds. The van der Waals surface area contributed by atoms with E-state index in [4.69, 9.17) is 32.4 Å². The summed E-state index contributed by atoms with van der Waals surface area (Å²) >= 11 is 12.3. The third-order valence-electron chi connectivity index (χ3n) is 4.38. The van der Waals surface area contributed by atoms with Gasteiger partial charge in [-0.05, 0) is 36.8 Å². The summed E-state index contributed by atoms with van der Waals surface area (Å²) in [6, 6.07) is 17.2. The van der Waals surface area contributed by atoms with Crippen molar-refractivity contribution in [2.75, 3.05) is 6.61 Å². The highest BCUT2D eigenvalue weighted by molar-refractivity contribution is 6.43. The summed E-state index contributed by atoms with van der Waals surface area (Å²) in [7, 11) is 0. The summed E-state index contributed by atoms with van der Waals surface area (Å²) < 4.78 is 10.6. The minimum atomic E-state index is -0.597. The van der Waals surface area contributed by atoms with Gasteiger partial charge in [0.2, 0.25) is 5.91 Å². The number of halogens is 2. The van der Waals surface area contributed by atoms with Gasteiger partial charge >= 0.3 is 6.09 Å². The van der Waals surface area contributed by atoms with Crippen LogP contribution in [0.1, 0.15) is 30.7 Å². The molecule has 7 nitrogen and oxygen atoms in total. The number of nitrogens with one attached hydrogen (secondary N) is 2. The van der Waals surface area contributed by atoms with E-state index in [1.54, 1.807) is 37.3 Å². The average molecular weight is 474 g/mol. The van der Waals surface area contributed by atoms with Crippen molar-refractivity contribution in [1.82, 2.24) is 10.7 Å². The van der Waals surface area contributed by atoms with E-state index in [-0.39, 0.29) is 13.0 Å². The van der Waals surface area contributed by atoms with E-state index in [1.165, 1.54) is 6.21 Å². The van der Waals surface area contributed by atoms with E-state index < -0.39 is 18.0 Å². The van der Waals surface area contributed by atoms with Crippen LogP contribution in [0, 0.1) is 0 Å². The Morgan fingerprint density at radius 1 is 1.09 bits per heavy atom. The number of hydrogen-bond acceptors (Lipinski definition) is 5. The van der Waals surface area contributed by atoms with Crippen LogP contribution in [0.4, 0.5) is 4.79 Å². The number of alkyl carbamates (subject to hydrolysis) is 1. The Morgan fingerprint density at radius 3 is 2.62 bits per heavy atom. The van der Waals surface area contributed by atoms with Gasteiger partial charge in [0.1, 0.15) is 11.5 Å². The van der Waals surface area contributed by atoms with Crippen LogP contribution in [0.2, 0.25) is 10.0 Å². The van der Waals surface area contributed by atoms with E-state index in [2.05, 4.69) is 15.8 Å². The van der Waals surface area contributed by atoms with Crippen LogP contribution in [0.3, 0.4) is 0 Å². The topological polar surface area (TPSA) is 92.9 Å². The number of amides is 2. The molecule has 0 aliphatic heterocycles. The second-order valence-electron chi connectivity index (χ2n) is 6.63. The van der Waals surface area contributed by atoms with Crippen molar-refractivity contribution in [3.8, 4) is 11.3 Å². The van der Waals surface area contributed by atoms with Crippen molar-refractivity contribution < 1.29 is 18.7 Å². The highest BCUT2D eigenvalue weighted by atomic mass is 35.5. The van der Waals surface area contributed by atoms with E-state index in [0.717, 1.165) is 5.56 Å². The number of nitrogens with zero attached hydrogens (tertiary/aromatic N) is 1. The fourth-order valence-corrected chi connectivity index (χ4v) is 3.31. The molecule has 3 aromatic rings. The predicted octanol–water partition coefficient (Wildman–Crippen LogP) is 5.58. The lowest BCUT2D eigenvalue weighted by Gasteiger charge is -2.17. The van der Waals surface area contributed by atoms with Crippen LogP contribution in [-0.4, -0.2) is 24.8 Å². The minimum absolute atomic E-state index is 0.0261. The zero-order chi connectivity index (χ0) is 22.9. The summed E-state index contributed by atoms with van der Waals surface area (Å²) in [5.41, 5.74) is 3.86. The molecule has 1 aromatic heterocycles. The maximum Gasteiger partial charge on any atom is 0.407 e. The average Bonchev–Trinajstić information content (AvgIpc) is 3.24. The molecular weight excluding hydrogens is 453 g/mol. The van der Waals surface area contributed by atoms with Crippen molar-refractivity contribution >= 4 is 41.4 Å². The molecule has 0 saturated heterocycles.